The number of hydrogen-bond donors (Lipinski definition) is 2. The van der Waals surface area contributed by atoms with Crippen molar-refractivity contribution in [2.45, 2.75) is 30.8 Å². The molecule has 1 unspecified atom stereocenters. The molecule has 3 aromatic carbocycles. The van der Waals surface area contributed by atoms with Crippen LogP contribution in [0.15, 0.2) is 81.6 Å². The van der Waals surface area contributed by atoms with Gasteiger partial charge in [0.15, 0.2) is 18.1 Å². The van der Waals surface area contributed by atoms with Crippen LogP contribution in [0, 0.1) is 6.92 Å². The largest absolute Gasteiger partial charge is 0.493 e. The van der Waals surface area contributed by atoms with E-state index in [1.807, 2.05) is 68.4 Å². The molecule has 14 heteroatoms. The van der Waals surface area contributed by atoms with E-state index >= 15 is 0 Å². The zero-order valence-electron chi connectivity index (χ0n) is 26.6. The number of allylic oxidation sites excluding steroid dienone is 1. The fraction of sp³-hybridized carbons (Fsp3) is 0.294. The second kappa shape index (κ2) is 15.0. The summed E-state index contributed by atoms with van der Waals surface area (Å²) in [6.07, 6.45) is 0. The Labute approximate surface area is 296 Å². The van der Waals surface area contributed by atoms with Gasteiger partial charge < -0.3 is 29.7 Å². The molecule has 2 N–H and O–H groups in total. The van der Waals surface area contributed by atoms with Crippen LogP contribution in [-0.2, 0) is 20.1 Å². The first-order chi connectivity index (χ1) is 23.2. The van der Waals surface area contributed by atoms with E-state index in [0.717, 1.165) is 11.1 Å². The predicted molar refractivity (Wildman–Crippen MR) is 189 cm³/mol. The van der Waals surface area contributed by atoms with Crippen LogP contribution in [0.5, 0.6) is 11.5 Å². The van der Waals surface area contributed by atoms with Crippen LogP contribution in [0.25, 0.3) is 0 Å². The second-order valence-electron chi connectivity index (χ2n) is 11.2. The average molecular weight is 754 g/mol. The quantitative estimate of drug-likeness (QED) is 0.176. The Balaban J connectivity index is 1.35. The Morgan fingerprint density at radius 2 is 1.88 bits per heavy atom. The first-order valence-corrected chi connectivity index (χ1v) is 17.4. The number of methoxy groups -OCH3 is 1. The Hall–Kier alpha value is -4.04. The fourth-order valence-corrected chi connectivity index (χ4v) is 7.22. The van der Waals surface area contributed by atoms with Crippen molar-refractivity contribution in [2.24, 2.45) is 0 Å². The van der Waals surface area contributed by atoms with Crippen LogP contribution in [0.3, 0.4) is 0 Å². The number of rotatable bonds is 10. The van der Waals surface area contributed by atoms with Gasteiger partial charge in [-0.25, -0.2) is 4.68 Å². The van der Waals surface area contributed by atoms with Crippen molar-refractivity contribution in [3.05, 3.63) is 98.1 Å². The number of ether oxygens (including phenoxy) is 3. The highest BCUT2D eigenvalue weighted by Crippen LogP contribution is 2.43. The number of carbonyl (C=O) groups is 2. The van der Waals surface area contributed by atoms with Gasteiger partial charge in [0.1, 0.15) is 6.04 Å². The molecule has 48 heavy (non-hydrogen) atoms. The number of thioether (sulfide) groups is 1. The molecular weight excluding hydrogens is 720 g/mol. The maximum Gasteiger partial charge on any atom is 0.260 e. The summed E-state index contributed by atoms with van der Waals surface area (Å²) in [6.45, 7) is 5.66. The molecule has 2 aliphatic rings. The number of fused-ring (bicyclic) bond motifs is 1. The van der Waals surface area contributed by atoms with E-state index in [1.165, 1.54) is 18.9 Å². The van der Waals surface area contributed by atoms with Crippen molar-refractivity contribution < 1.29 is 23.8 Å². The summed E-state index contributed by atoms with van der Waals surface area (Å²) in [4.78, 5) is 33.4. The van der Waals surface area contributed by atoms with Crippen LogP contribution in [0.1, 0.15) is 29.7 Å². The Kier molecular flexibility index (Phi) is 10.6. The van der Waals surface area contributed by atoms with Gasteiger partial charge in [-0.1, -0.05) is 59.8 Å². The normalized spacial score (nSPS) is 15.9. The summed E-state index contributed by atoms with van der Waals surface area (Å²) in [7, 11) is 1.53. The zero-order chi connectivity index (χ0) is 33.8. The van der Waals surface area contributed by atoms with Crippen LogP contribution < -0.4 is 20.1 Å². The highest BCUT2D eigenvalue weighted by Gasteiger charge is 2.36. The highest BCUT2D eigenvalue weighted by molar-refractivity contribution is 9.10. The molecule has 11 nitrogen and oxygen atoms in total. The van der Waals surface area contributed by atoms with Crippen LogP contribution >= 0.6 is 39.3 Å². The van der Waals surface area contributed by atoms with Crippen molar-refractivity contribution in [2.75, 3.05) is 50.7 Å². The van der Waals surface area contributed by atoms with Gasteiger partial charge in [-0.05, 0) is 70.7 Å². The molecule has 1 saturated heterocycles. The Morgan fingerprint density at radius 1 is 1.12 bits per heavy atom. The summed E-state index contributed by atoms with van der Waals surface area (Å²) < 4.78 is 19.4. The number of nitrogens with zero attached hydrogens (tertiary/aromatic N) is 4. The number of aromatic nitrogens is 3. The van der Waals surface area contributed by atoms with Gasteiger partial charge in [0.2, 0.25) is 11.1 Å². The molecule has 6 rings (SSSR count). The van der Waals surface area contributed by atoms with Crippen LogP contribution in [0.2, 0.25) is 5.02 Å². The minimum absolute atomic E-state index is 0.141. The van der Waals surface area contributed by atoms with E-state index in [1.54, 1.807) is 15.6 Å². The molecule has 0 saturated carbocycles. The Bertz CT molecular complexity index is 1880. The van der Waals surface area contributed by atoms with E-state index in [-0.39, 0.29) is 18.4 Å². The smallest absolute Gasteiger partial charge is 0.260 e. The summed E-state index contributed by atoms with van der Waals surface area (Å²) in [6, 6.07) is 18.2. The number of halogens is 2. The van der Waals surface area contributed by atoms with Crippen molar-refractivity contribution >= 4 is 62.7 Å². The number of para-hydroxylation sites is 1. The molecule has 1 aromatic heterocycles. The maximum atomic E-state index is 14.1. The second-order valence-corrected chi connectivity index (χ2v) is 13.4. The third kappa shape index (κ3) is 7.34. The lowest BCUT2D eigenvalue weighted by Gasteiger charge is -2.29. The van der Waals surface area contributed by atoms with Crippen LogP contribution in [0.4, 0.5) is 11.6 Å². The topological polar surface area (TPSA) is 120 Å². The van der Waals surface area contributed by atoms with Gasteiger partial charge in [-0.2, -0.15) is 4.98 Å². The van der Waals surface area contributed by atoms with Crippen molar-refractivity contribution in [3.8, 4) is 11.5 Å². The molecule has 2 amide bonds. The third-order valence-corrected chi connectivity index (χ3v) is 9.90. The molecule has 1 fully saturated rings. The lowest BCUT2D eigenvalue weighted by molar-refractivity contribution is -0.137. The molecule has 0 radical (unpaired) electrons. The number of hydrogen-bond acceptors (Lipinski definition) is 9. The van der Waals surface area contributed by atoms with Crippen molar-refractivity contribution in [3.63, 3.8) is 0 Å². The zero-order valence-corrected chi connectivity index (χ0v) is 29.7. The first kappa shape index (κ1) is 33.8. The average Bonchev–Trinajstić information content (AvgIpc) is 3.49. The van der Waals surface area contributed by atoms with E-state index in [2.05, 4.69) is 26.6 Å². The molecular formula is C34H34BrClN6O5S. The van der Waals surface area contributed by atoms with Gasteiger partial charge >= 0.3 is 0 Å². The molecule has 250 valence electrons. The molecule has 3 heterocycles. The van der Waals surface area contributed by atoms with Gasteiger partial charge in [0.05, 0.1) is 30.4 Å². The van der Waals surface area contributed by atoms with Gasteiger partial charge in [0.25, 0.3) is 11.8 Å². The lowest BCUT2D eigenvalue weighted by Crippen LogP contribution is -2.43. The monoisotopic (exact) mass is 752 g/mol. The van der Waals surface area contributed by atoms with Crippen molar-refractivity contribution in [1.29, 1.82) is 0 Å². The predicted octanol–water partition coefficient (Wildman–Crippen LogP) is 6.47. The number of aryl methyl sites for hydroxylation is 1. The molecule has 0 spiro atoms. The number of anilines is 2. The van der Waals surface area contributed by atoms with Crippen molar-refractivity contribution in [1.82, 2.24) is 19.7 Å². The summed E-state index contributed by atoms with van der Waals surface area (Å²) in [5.74, 6) is 1.38. The lowest BCUT2D eigenvalue weighted by atomic mass is 9.94. The van der Waals surface area contributed by atoms with Gasteiger partial charge in [-0.15, -0.1) is 5.10 Å². The highest BCUT2D eigenvalue weighted by atomic mass is 79.9. The van der Waals surface area contributed by atoms with E-state index in [0.29, 0.717) is 86.7 Å². The van der Waals surface area contributed by atoms with Gasteiger partial charge in [-0.3, -0.25) is 9.59 Å². The summed E-state index contributed by atoms with van der Waals surface area (Å²) in [5, 5.41) is 12.4. The summed E-state index contributed by atoms with van der Waals surface area (Å²) >= 11 is 11.5. The molecule has 4 aromatic rings. The molecule has 0 bridgehead atoms. The fourth-order valence-electron chi connectivity index (χ4n) is 5.53. The SMILES string of the molecule is COc1cc(C2C(C(=O)Nc3ccccc3C)=C(C)Nc3nc(SCc4ccccc4Cl)nn32)cc(Br)c1OCC(=O)N1CCOCC1. The summed E-state index contributed by atoms with van der Waals surface area (Å²) in [5.41, 5.74) is 4.36. The molecule has 2 aliphatic heterocycles. The minimum atomic E-state index is -0.693. The van der Waals surface area contributed by atoms with E-state index in [4.69, 9.17) is 35.9 Å². The first-order valence-electron chi connectivity index (χ1n) is 15.3. The number of carbonyl (C=O) groups excluding carboxylic acids is 2. The van der Waals surface area contributed by atoms with Gasteiger partial charge in [0, 0.05) is 35.2 Å². The maximum absolute atomic E-state index is 14.1. The van der Waals surface area contributed by atoms with E-state index in [9.17, 15) is 9.59 Å². The molecule has 1 atom stereocenters. The number of morpholine rings is 1. The number of benzene rings is 3. The minimum Gasteiger partial charge on any atom is -0.493 e. The standard InChI is InChI=1S/C34H34BrClN6O5S/c1-20-8-4-7-11-26(20)38-32(44)29-21(2)37-33-39-34(48-19-22-9-5-6-10-25(22)36)40-42(33)30(29)23-16-24(35)31(27(17-23)45-3)47-18-28(43)41-12-14-46-15-13-41/h4-11,16-17,30H,12-15,18-19H2,1-3H3,(H,38,44)(H,37,39,40). The number of amides is 2. The third-order valence-electron chi connectivity index (χ3n) is 8.06. The van der Waals surface area contributed by atoms with Crippen LogP contribution in [-0.4, -0.2) is 71.5 Å². The number of nitrogens with one attached hydrogen (secondary N) is 2. The molecule has 0 aliphatic carbocycles. The van der Waals surface area contributed by atoms with E-state index < -0.39 is 6.04 Å². The Morgan fingerprint density at radius 3 is 2.62 bits per heavy atom.